The average molecular weight is 252 g/mol. The van der Waals surface area contributed by atoms with E-state index in [2.05, 4.69) is 10.4 Å². The molecule has 1 unspecified atom stereocenters. The topological polar surface area (TPSA) is 82.2 Å². The van der Waals surface area contributed by atoms with Crippen LogP contribution < -0.4 is 11.1 Å². The van der Waals surface area contributed by atoms with Gasteiger partial charge in [0.25, 0.3) is 0 Å². The van der Waals surface area contributed by atoms with E-state index < -0.39 is 0 Å². The minimum absolute atomic E-state index is 0.0661. The van der Waals surface area contributed by atoms with Gasteiger partial charge in [-0.25, -0.2) is 0 Å². The summed E-state index contributed by atoms with van der Waals surface area (Å²) in [4.78, 5) is 11.7. The van der Waals surface area contributed by atoms with Gasteiger partial charge in [-0.3, -0.25) is 9.48 Å². The van der Waals surface area contributed by atoms with Gasteiger partial charge in [0.05, 0.1) is 18.8 Å². The van der Waals surface area contributed by atoms with Gasteiger partial charge in [0.2, 0.25) is 5.91 Å². The second kappa shape index (κ2) is 5.97. The van der Waals surface area contributed by atoms with E-state index in [1.165, 1.54) is 5.69 Å². The van der Waals surface area contributed by atoms with Gasteiger partial charge in [-0.1, -0.05) is 0 Å². The molecule has 3 N–H and O–H groups in total. The Morgan fingerprint density at radius 3 is 3.33 bits per heavy atom. The number of aromatic nitrogens is 2. The molecule has 100 valence electrons. The fourth-order valence-electron chi connectivity index (χ4n) is 2.34. The summed E-state index contributed by atoms with van der Waals surface area (Å²) in [5.41, 5.74) is 7.65. The zero-order chi connectivity index (χ0) is 13.0. The van der Waals surface area contributed by atoms with Crippen molar-refractivity contribution in [2.45, 2.75) is 25.3 Å². The molecule has 1 aliphatic rings. The number of ether oxygens (including phenoxy) is 1. The predicted octanol–water partition coefficient (Wildman–Crippen LogP) is -0.111. The highest BCUT2D eigenvalue weighted by Gasteiger charge is 2.24. The van der Waals surface area contributed by atoms with Gasteiger partial charge in [0.15, 0.2) is 0 Å². The molecule has 0 aromatic carbocycles. The van der Waals surface area contributed by atoms with Crippen molar-refractivity contribution >= 4 is 5.91 Å². The molecule has 0 radical (unpaired) electrons. The van der Waals surface area contributed by atoms with Crippen molar-refractivity contribution in [3.05, 3.63) is 17.5 Å². The maximum atomic E-state index is 11.7. The predicted molar refractivity (Wildman–Crippen MR) is 66.9 cm³/mol. The van der Waals surface area contributed by atoms with Crippen molar-refractivity contribution in [1.82, 2.24) is 15.1 Å². The molecule has 1 aliphatic carbocycles. The van der Waals surface area contributed by atoms with Crippen LogP contribution in [0.25, 0.3) is 0 Å². The molecule has 1 atom stereocenters. The number of amides is 1. The molecule has 1 aromatic rings. The Balaban J connectivity index is 1.92. The first kappa shape index (κ1) is 13.0. The van der Waals surface area contributed by atoms with Crippen LogP contribution in [0.4, 0.5) is 0 Å². The lowest BCUT2D eigenvalue weighted by atomic mass is 9.93. The van der Waals surface area contributed by atoms with Crippen molar-refractivity contribution in [3.63, 3.8) is 0 Å². The van der Waals surface area contributed by atoms with E-state index in [1.807, 2.05) is 17.9 Å². The van der Waals surface area contributed by atoms with E-state index in [1.54, 1.807) is 0 Å². The standard InChI is InChI=1S/C12H20N4O2/c1-16-11-4-2-3-10(9(11)7-14-16)15-12(17)8-18-6-5-13/h7,10H,2-6,8,13H2,1H3,(H,15,17). The summed E-state index contributed by atoms with van der Waals surface area (Å²) in [5, 5.41) is 7.24. The summed E-state index contributed by atoms with van der Waals surface area (Å²) in [5.74, 6) is -0.0925. The van der Waals surface area contributed by atoms with Crippen LogP contribution in [-0.4, -0.2) is 35.4 Å². The quantitative estimate of drug-likeness (QED) is 0.716. The van der Waals surface area contributed by atoms with Gasteiger partial charge in [0, 0.05) is 24.8 Å². The van der Waals surface area contributed by atoms with Crippen molar-refractivity contribution < 1.29 is 9.53 Å². The number of hydrogen-bond donors (Lipinski definition) is 2. The van der Waals surface area contributed by atoms with E-state index in [4.69, 9.17) is 10.5 Å². The summed E-state index contributed by atoms with van der Waals surface area (Å²) in [6.07, 6.45) is 4.91. The summed E-state index contributed by atoms with van der Waals surface area (Å²) in [7, 11) is 1.94. The number of nitrogens with one attached hydrogen (secondary N) is 1. The summed E-state index contributed by atoms with van der Waals surface area (Å²) in [6, 6.07) is 0.0661. The third-order valence-corrected chi connectivity index (χ3v) is 3.21. The Bertz CT molecular complexity index is 416. The normalized spacial score (nSPS) is 18.4. The van der Waals surface area contributed by atoms with Crippen LogP contribution in [0.15, 0.2) is 6.20 Å². The molecule has 0 spiro atoms. The number of aryl methyl sites for hydroxylation is 1. The number of hydrogen-bond acceptors (Lipinski definition) is 4. The first-order valence-corrected chi connectivity index (χ1v) is 6.30. The molecule has 0 saturated carbocycles. The first-order chi connectivity index (χ1) is 8.72. The number of carbonyl (C=O) groups excluding carboxylic acids is 1. The summed E-state index contributed by atoms with van der Waals surface area (Å²) in [6.45, 7) is 0.920. The molecular weight excluding hydrogens is 232 g/mol. The monoisotopic (exact) mass is 252 g/mol. The van der Waals surface area contributed by atoms with Crippen LogP contribution in [0, 0.1) is 0 Å². The smallest absolute Gasteiger partial charge is 0.246 e. The Morgan fingerprint density at radius 1 is 1.72 bits per heavy atom. The third kappa shape index (κ3) is 2.88. The zero-order valence-electron chi connectivity index (χ0n) is 10.7. The van der Waals surface area contributed by atoms with Crippen molar-refractivity contribution in [1.29, 1.82) is 0 Å². The van der Waals surface area contributed by atoms with Crippen LogP contribution in [-0.2, 0) is 23.0 Å². The molecule has 6 heteroatoms. The van der Waals surface area contributed by atoms with E-state index in [-0.39, 0.29) is 18.6 Å². The molecule has 2 rings (SSSR count). The van der Waals surface area contributed by atoms with Crippen LogP contribution in [0.5, 0.6) is 0 Å². The van der Waals surface area contributed by atoms with E-state index >= 15 is 0 Å². The number of rotatable bonds is 5. The number of carbonyl (C=O) groups is 1. The Labute approximate surface area is 106 Å². The number of nitrogens with zero attached hydrogens (tertiary/aromatic N) is 2. The van der Waals surface area contributed by atoms with E-state index in [0.29, 0.717) is 13.2 Å². The highest BCUT2D eigenvalue weighted by atomic mass is 16.5. The highest BCUT2D eigenvalue weighted by Crippen LogP contribution is 2.28. The summed E-state index contributed by atoms with van der Waals surface area (Å²) < 4.78 is 7.01. The molecule has 1 amide bonds. The van der Waals surface area contributed by atoms with Gasteiger partial charge in [-0.15, -0.1) is 0 Å². The maximum absolute atomic E-state index is 11.7. The third-order valence-electron chi connectivity index (χ3n) is 3.21. The Hall–Kier alpha value is -1.40. The molecule has 0 fully saturated rings. The SMILES string of the molecule is Cn1ncc2c1CCCC2NC(=O)COCCN. The molecule has 1 heterocycles. The van der Waals surface area contributed by atoms with Gasteiger partial charge >= 0.3 is 0 Å². The highest BCUT2D eigenvalue weighted by molar-refractivity contribution is 5.77. The minimum atomic E-state index is -0.0925. The minimum Gasteiger partial charge on any atom is -0.370 e. The fraction of sp³-hybridized carbons (Fsp3) is 0.667. The Morgan fingerprint density at radius 2 is 2.56 bits per heavy atom. The second-order valence-corrected chi connectivity index (χ2v) is 4.52. The van der Waals surface area contributed by atoms with Crippen LogP contribution >= 0.6 is 0 Å². The van der Waals surface area contributed by atoms with E-state index in [9.17, 15) is 4.79 Å². The fourth-order valence-corrected chi connectivity index (χ4v) is 2.34. The molecule has 0 saturated heterocycles. The largest absolute Gasteiger partial charge is 0.370 e. The van der Waals surface area contributed by atoms with Crippen molar-refractivity contribution in [3.8, 4) is 0 Å². The second-order valence-electron chi connectivity index (χ2n) is 4.52. The maximum Gasteiger partial charge on any atom is 0.246 e. The van der Waals surface area contributed by atoms with Crippen LogP contribution in [0.1, 0.15) is 30.1 Å². The van der Waals surface area contributed by atoms with Crippen LogP contribution in [0.3, 0.4) is 0 Å². The van der Waals surface area contributed by atoms with E-state index in [0.717, 1.165) is 24.8 Å². The molecule has 0 bridgehead atoms. The molecule has 1 aromatic heterocycles. The lowest BCUT2D eigenvalue weighted by molar-refractivity contribution is -0.126. The number of nitrogens with two attached hydrogens (primary N) is 1. The van der Waals surface area contributed by atoms with Crippen molar-refractivity contribution in [2.75, 3.05) is 19.8 Å². The lowest BCUT2D eigenvalue weighted by Crippen LogP contribution is -2.34. The zero-order valence-corrected chi connectivity index (χ0v) is 10.7. The Kier molecular flexibility index (Phi) is 4.33. The molecule has 6 nitrogen and oxygen atoms in total. The van der Waals surface area contributed by atoms with Crippen molar-refractivity contribution in [2.24, 2.45) is 12.8 Å². The summed E-state index contributed by atoms with van der Waals surface area (Å²) >= 11 is 0. The van der Waals surface area contributed by atoms with Gasteiger partial charge in [0.1, 0.15) is 6.61 Å². The number of fused-ring (bicyclic) bond motifs is 1. The van der Waals surface area contributed by atoms with Crippen LogP contribution in [0.2, 0.25) is 0 Å². The van der Waals surface area contributed by atoms with Gasteiger partial charge in [-0.05, 0) is 19.3 Å². The molecule has 0 aliphatic heterocycles. The average Bonchev–Trinajstić information content (AvgIpc) is 2.73. The van der Waals surface area contributed by atoms with Gasteiger partial charge < -0.3 is 15.8 Å². The lowest BCUT2D eigenvalue weighted by Gasteiger charge is -2.23. The van der Waals surface area contributed by atoms with Gasteiger partial charge in [-0.2, -0.15) is 5.10 Å². The molecule has 18 heavy (non-hydrogen) atoms. The first-order valence-electron chi connectivity index (χ1n) is 6.30. The molecular formula is C12H20N4O2.